The Morgan fingerprint density at radius 3 is 2.24 bits per heavy atom. The molecule has 0 amide bonds. The minimum atomic E-state index is -5.06. The molecule has 0 spiro atoms. The molecule has 4 N–H and O–H groups in total. The lowest BCUT2D eigenvalue weighted by Gasteiger charge is -2.41. The lowest BCUT2D eigenvalue weighted by molar-refractivity contribution is -0.233. The van der Waals surface area contributed by atoms with E-state index in [9.17, 15) is 35.5 Å². The summed E-state index contributed by atoms with van der Waals surface area (Å²) in [5.41, 5.74) is 2.18. The quantitative estimate of drug-likeness (QED) is 0.327. The van der Waals surface area contributed by atoms with E-state index in [-0.39, 0.29) is 31.6 Å². The first-order valence-corrected chi connectivity index (χ1v) is 10.8. The zero-order valence-corrected chi connectivity index (χ0v) is 18.7. The average molecular weight is 535 g/mol. The molecule has 0 saturated carbocycles. The fourth-order valence-corrected chi connectivity index (χ4v) is 3.95. The Hall–Kier alpha value is -3.27. The van der Waals surface area contributed by atoms with Crippen LogP contribution in [0.4, 0.5) is 30.7 Å². The maximum absolute atomic E-state index is 13.6. The normalized spacial score (nSPS) is 20.2. The van der Waals surface area contributed by atoms with E-state index in [2.05, 4.69) is 15.2 Å². The first-order valence-electron chi connectivity index (χ1n) is 10.8. The Morgan fingerprint density at radius 1 is 1.08 bits per heavy atom. The molecule has 2 heterocycles. The second-order valence-corrected chi connectivity index (χ2v) is 8.23. The van der Waals surface area contributed by atoms with Crippen LogP contribution in [-0.2, 0) is 28.4 Å². The molecular formula is C22H20F7N5O3. The van der Waals surface area contributed by atoms with Crippen molar-refractivity contribution in [3.63, 3.8) is 0 Å². The van der Waals surface area contributed by atoms with Gasteiger partial charge in [0, 0.05) is 6.54 Å². The minimum Gasteiger partial charge on any atom is -0.349 e. The average Bonchev–Trinajstić information content (AvgIpc) is 3.23. The van der Waals surface area contributed by atoms with Gasteiger partial charge in [-0.3, -0.25) is 9.88 Å². The van der Waals surface area contributed by atoms with Crippen LogP contribution in [-0.4, -0.2) is 39.5 Å². The van der Waals surface area contributed by atoms with Gasteiger partial charge in [-0.2, -0.15) is 31.4 Å². The summed E-state index contributed by atoms with van der Waals surface area (Å²) in [7, 11) is 0. The van der Waals surface area contributed by atoms with Gasteiger partial charge in [0.25, 0.3) is 0 Å². The van der Waals surface area contributed by atoms with Crippen molar-refractivity contribution in [2.75, 3.05) is 13.2 Å². The molecule has 1 aliphatic heterocycles. The predicted octanol–water partition coefficient (Wildman–Crippen LogP) is 3.85. The van der Waals surface area contributed by atoms with E-state index in [1.165, 1.54) is 12.1 Å². The Morgan fingerprint density at radius 2 is 1.70 bits per heavy atom. The van der Waals surface area contributed by atoms with Crippen molar-refractivity contribution in [3.05, 3.63) is 86.8 Å². The van der Waals surface area contributed by atoms with Gasteiger partial charge in [-0.1, -0.05) is 12.1 Å². The smallest absolute Gasteiger partial charge is 0.349 e. The summed E-state index contributed by atoms with van der Waals surface area (Å²) >= 11 is 0. The molecule has 2 aromatic carbocycles. The van der Waals surface area contributed by atoms with Gasteiger partial charge in [0.15, 0.2) is 6.29 Å². The highest BCUT2D eigenvalue weighted by Crippen LogP contribution is 2.39. The number of nitrogens with two attached hydrogens (primary N) is 1. The van der Waals surface area contributed by atoms with Crippen molar-refractivity contribution in [3.8, 4) is 0 Å². The summed E-state index contributed by atoms with van der Waals surface area (Å²) < 4.78 is 105. The summed E-state index contributed by atoms with van der Waals surface area (Å²) in [6.45, 7) is 0.370. The van der Waals surface area contributed by atoms with Crippen LogP contribution < -0.4 is 11.4 Å². The van der Waals surface area contributed by atoms with Gasteiger partial charge in [-0.15, -0.1) is 0 Å². The number of hydrogen-bond donors (Lipinski definition) is 3. The number of hydrogen-bond acceptors (Lipinski definition) is 6. The zero-order chi connectivity index (χ0) is 27.0. The minimum absolute atomic E-state index is 0.0129. The van der Waals surface area contributed by atoms with Gasteiger partial charge in [0.2, 0.25) is 0 Å². The molecule has 0 bridgehead atoms. The molecule has 1 aliphatic rings. The number of ether oxygens (including phenoxy) is 2. The topological polar surface area (TPSA) is 109 Å². The molecule has 1 aromatic heterocycles. The first-order chi connectivity index (χ1) is 17.3. The SMILES string of the molecule is N[C@@H](O[C@H]1OCCN(Cc2n[nH]c(=O)[nH]2)[C@H]1c1ccc(F)cc1)c1cc(C(F)(F)F)cc(C(F)(F)F)c1. The molecule has 200 valence electrons. The van der Waals surface area contributed by atoms with Gasteiger partial charge in [0.05, 0.1) is 30.3 Å². The Labute approximate surface area is 204 Å². The van der Waals surface area contributed by atoms with Gasteiger partial charge in [-0.25, -0.2) is 14.3 Å². The monoisotopic (exact) mass is 535 g/mol. The molecule has 4 rings (SSSR count). The van der Waals surface area contributed by atoms with Crippen LogP contribution in [0.2, 0.25) is 0 Å². The molecule has 8 nitrogen and oxygen atoms in total. The van der Waals surface area contributed by atoms with Gasteiger partial charge < -0.3 is 15.2 Å². The standard InChI is InChI=1S/C22H20F7N5O3/c23-15-3-1-11(2-4-15)17-19(36-6-5-34(17)10-16-31-20(35)33-32-16)37-18(30)12-7-13(21(24,25)26)9-14(8-12)22(27,28)29/h1-4,7-9,17-19H,5-6,10,30H2,(H2,31,32,33,35)/t17-,18-,19+/m0/s1. The summed E-state index contributed by atoms with van der Waals surface area (Å²) in [4.78, 5) is 15.6. The van der Waals surface area contributed by atoms with E-state index in [1.807, 2.05) is 0 Å². The molecule has 1 saturated heterocycles. The molecule has 3 atom stereocenters. The second kappa shape index (κ2) is 10.2. The highest BCUT2D eigenvalue weighted by atomic mass is 19.4. The van der Waals surface area contributed by atoms with E-state index < -0.39 is 59.1 Å². The lowest BCUT2D eigenvalue weighted by atomic mass is 10.0. The van der Waals surface area contributed by atoms with E-state index in [4.69, 9.17) is 15.2 Å². The van der Waals surface area contributed by atoms with Crippen LogP contribution in [0.25, 0.3) is 0 Å². The Balaban J connectivity index is 1.66. The van der Waals surface area contributed by atoms with Gasteiger partial charge >= 0.3 is 18.0 Å². The van der Waals surface area contributed by atoms with Crippen LogP contribution >= 0.6 is 0 Å². The molecule has 0 radical (unpaired) electrons. The van der Waals surface area contributed by atoms with Crippen LogP contribution in [0.1, 0.15) is 40.3 Å². The molecule has 37 heavy (non-hydrogen) atoms. The molecule has 1 fully saturated rings. The number of H-pyrrole nitrogens is 2. The molecule has 15 heteroatoms. The summed E-state index contributed by atoms with van der Waals surface area (Å²) in [6, 6.07) is 5.26. The molecule has 0 unspecified atom stereocenters. The van der Waals surface area contributed by atoms with Crippen LogP contribution in [0, 0.1) is 5.82 Å². The third-order valence-electron chi connectivity index (χ3n) is 5.65. The summed E-state index contributed by atoms with van der Waals surface area (Å²) in [5, 5.41) is 6.05. The summed E-state index contributed by atoms with van der Waals surface area (Å²) in [6.07, 6.45) is -13.2. The maximum atomic E-state index is 13.6. The largest absolute Gasteiger partial charge is 0.416 e. The molecular weight excluding hydrogens is 515 g/mol. The van der Waals surface area contributed by atoms with E-state index >= 15 is 0 Å². The van der Waals surface area contributed by atoms with Crippen LogP contribution in [0.5, 0.6) is 0 Å². The predicted molar refractivity (Wildman–Crippen MR) is 113 cm³/mol. The molecule has 3 aromatic rings. The first kappa shape index (κ1) is 26.8. The second-order valence-electron chi connectivity index (χ2n) is 8.23. The summed E-state index contributed by atoms with van der Waals surface area (Å²) in [5.74, 6) is -0.295. The Kier molecular flexibility index (Phi) is 7.41. The number of nitrogens with zero attached hydrogens (tertiary/aromatic N) is 2. The number of alkyl halides is 6. The third kappa shape index (κ3) is 6.36. The number of morpholine rings is 1. The Bertz CT molecular complexity index is 1240. The van der Waals surface area contributed by atoms with Crippen molar-refractivity contribution in [2.45, 2.75) is 37.5 Å². The third-order valence-corrected chi connectivity index (χ3v) is 5.65. The van der Waals surface area contributed by atoms with Crippen LogP contribution in [0.15, 0.2) is 47.3 Å². The van der Waals surface area contributed by atoms with Gasteiger partial charge in [0.1, 0.15) is 17.9 Å². The fraction of sp³-hybridized carbons (Fsp3) is 0.364. The number of benzene rings is 2. The highest BCUT2D eigenvalue weighted by Gasteiger charge is 2.39. The number of aromatic amines is 2. The number of nitrogens with one attached hydrogen (secondary N) is 2. The van der Waals surface area contributed by atoms with Gasteiger partial charge in [-0.05, 0) is 41.5 Å². The lowest BCUT2D eigenvalue weighted by Crippen LogP contribution is -2.47. The number of halogens is 7. The van der Waals surface area contributed by atoms with Crippen LogP contribution in [0.3, 0.4) is 0 Å². The maximum Gasteiger partial charge on any atom is 0.416 e. The van der Waals surface area contributed by atoms with Crippen molar-refractivity contribution in [2.24, 2.45) is 5.73 Å². The number of rotatable bonds is 6. The van der Waals surface area contributed by atoms with Crippen molar-refractivity contribution >= 4 is 0 Å². The molecule has 0 aliphatic carbocycles. The van der Waals surface area contributed by atoms with Crippen molar-refractivity contribution in [1.82, 2.24) is 20.1 Å². The van der Waals surface area contributed by atoms with Crippen molar-refractivity contribution in [1.29, 1.82) is 0 Å². The fourth-order valence-electron chi connectivity index (χ4n) is 3.95. The van der Waals surface area contributed by atoms with E-state index in [0.717, 1.165) is 12.1 Å². The van der Waals surface area contributed by atoms with Crippen molar-refractivity contribution < 1.29 is 40.2 Å². The zero-order valence-electron chi connectivity index (χ0n) is 18.7. The number of aromatic nitrogens is 3. The van der Waals surface area contributed by atoms with E-state index in [1.54, 1.807) is 4.90 Å². The highest BCUT2D eigenvalue weighted by molar-refractivity contribution is 5.34. The van der Waals surface area contributed by atoms with E-state index in [0.29, 0.717) is 17.7 Å².